The van der Waals surface area contributed by atoms with E-state index in [0.29, 0.717) is 5.82 Å². The average molecular weight is 762 g/mol. The highest BCUT2D eigenvalue weighted by molar-refractivity contribution is 6.10. The number of para-hydroxylation sites is 2. The molecule has 0 fully saturated rings. The smallest absolute Gasteiger partial charge is 0.160 e. The molecule has 1 atom stereocenters. The fraction of sp³-hybridized carbons (Fsp3) is 0.0175. The zero-order chi connectivity index (χ0) is 39.4. The summed E-state index contributed by atoms with van der Waals surface area (Å²) in [5.41, 5.74) is 18.3. The van der Waals surface area contributed by atoms with Gasteiger partial charge in [-0.25, -0.2) is 9.97 Å². The molecule has 2 heterocycles. The van der Waals surface area contributed by atoms with Crippen molar-refractivity contribution >= 4 is 32.6 Å². The minimum atomic E-state index is -0.474. The molecule has 278 valence electrons. The van der Waals surface area contributed by atoms with E-state index in [4.69, 9.17) is 9.97 Å². The maximum atomic E-state index is 5.41. The molecule has 1 unspecified atom stereocenters. The molecule has 0 radical (unpaired) electrons. The van der Waals surface area contributed by atoms with Crippen molar-refractivity contribution in [2.45, 2.75) is 5.41 Å². The van der Waals surface area contributed by atoms with Gasteiger partial charge in [0.25, 0.3) is 0 Å². The highest BCUT2D eigenvalue weighted by Crippen LogP contribution is 2.64. The van der Waals surface area contributed by atoms with E-state index in [0.717, 1.165) is 33.8 Å². The molecule has 11 aromatic rings. The van der Waals surface area contributed by atoms with Gasteiger partial charge in [-0.1, -0.05) is 182 Å². The zero-order valence-corrected chi connectivity index (χ0v) is 32.5. The zero-order valence-electron chi connectivity index (χ0n) is 32.5. The average Bonchev–Trinajstić information content (AvgIpc) is 3.94. The molecule has 0 saturated heterocycles. The lowest BCUT2D eigenvalue weighted by molar-refractivity contribution is 0.794. The third-order valence-corrected chi connectivity index (χ3v) is 13.0. The van der Waals surface area contributed by atoms with Crippen LogP contribution in [0.1, 0.15) is 22.3 Å². The second-order valence-electron chi connectivity index (χ2n) is 16.0. The number of rotatable bonds is 4. The van der Waals surface area contributed by atoms with Crippen molar-refractivity contribution in [1.29, 1.82) is 0 Å². The van der Waals surface area contributed by atoms with E-state index in [1.165, 1.54) is 77.1 Å². The van der Waals surface area contributed by atoms with Crippen molar-refractivity contribution in [3.05, 3.63) is 235 Å². The van der Waals surface area contributed by atoms with Gasteiger partial charge in [0.1, 0.15) is 0 Å². The molecule has 13 rings (SSSR count). The van der Waals surface area contributed by atoms with Crippen molar-refractivity contribution in [1.82, 2.24) is 14.5 Å². The van der Waals surface area contributed by atoms with E-state index < -0.39 is 5.41 Å². The lowest BCUT2D eigenvalue weighted by Gasteiger charge is -2.30. The number of hydrogen-bond donors (Lipinski definition) is 0. The van der Waals surface area contributed by atoms with Gasteiger partial charge in [-0.2, -0.15) is 0 Å². The van der Waals surface area contributed by atoms with Crippen LogP contribution >= 0.6 is 0 Å². The number of aromatic nitrogens is 3. The Labute approximate surface area is 347 Å². The molecule has 0 amide bonds. The van der Waals surface area contributed by atoms with Gasteiger partial charge in [0.05, 0.1) is 27.8 Å². The van der Waals surface area contributed by atoms with E-state index >= 15 is 0 Å². The van der Waals surface area contributed by atoms with Gasteiger partial charge in [-0.15, -0.1) is 0 Å². The van der Waals surface area contributed by atoms with Crippen molar-refractivity contribution in [3.8, 4) is 61.8 Å². The molecule has 0 N–H and O–H groups in total. The van der Waals surface area contributed by atoms with Crippen LogP contribution in [0.5, 0.6) is 0 Å². The van der Waals surface area contributed by atoms with E-state index in [2.05, 4.69) is 211 Å². The summed E-state index contributed by atoms with van der Waals surface area (Å²) in [4.78, 5) is 10.7. The molecule has 0 saturated carbocycles. The van der Waals surface area contributed by atoms with Crippen molar-refractivity contribution in [2.75, 3.05) is 0 Å². The predicted molar refractivity (Wildman–Crippen MR) is 246 cm³/mol. The van der Waals surface area contributed by atoms with Gasteiger partial charge in [0.15, 0.2) is 5.82 Å². The number of hydrogen-bond acceptors (Lipinski definition) is 2. The summed E-state index contributed by atoms with van der Waals surface area (Å²) in [6.07, 6.45) is 0. The lowest BCUT2D eigenvalue weighted by Crippen LogP contribution is -2.25. The van der Waals surface area contributed by atoms with Crippen LogP contribution in [-0.4, -0.2) is 14.5 Å². The molecule has 2 aliphatic rings. The summed E-state index contributed by atoms with van der Waals surface area (Å²) >= 11 is 0. The summed E-state index contributed by atoms with van der Waals surface area (Å²) in [5, 5.41) is 5.05. The molecule has 3 heteroatoms. The summed E-state index contributed by atoms with van der Waals surface area (Å²) in [7, 11) is 0. The third-order valence-electron chi connectivity index (χ3n) is 13.0. The largest absolute Gasteiger partial charge is 0.309 e. The van der Waals surface area contributed by atoms with Crippen LogP contribution in [0, 0.1) is 0 Å². The van der Waals surface area contributed by atoms with Gasteiger partial charge in [0.2, 0.25) is 0 Å². The van der Waals surface area contributed by atoms with E-state index in [-0.39, 0.29) is 0 Å². The van der Waals surface area contributed by atoms with Crippen LogP contribution in [-0.2, 0) is 5.41 Å². The lowest BCUT2D eigenvalue weighted by atomic mass is 9.70. The second kappa shape index (κ2) is 12.6. The molecular formula is C57H35N3. The highest BCUT2D eigenvalue weighted by Gasteiger charge is 2.52. The summed E-state index contributed by atoms with van der Waals surface area (Å²) in [6.45, 7) is 0. The molecule has 0 aliphatic heterocycles. The second-order valence-corrected chi connectivity index (χ2v) is 16.0. The van der Waals surface area contributed by atoms with Crippen LogP contribution in [0.15, 0.2) is 212 Å². The monoisotopic (exact) mass is 761 g/mol. The molecule has 3 nitrogen and oxygen atoms in total. The van der Waals surface area contributed by atoms with Crippen LogP contribution in [0.4, 0.5) is 0 Å². The summed E-state index contributed by atoms with van der Waals surface area (Å²) in [5.74, 6) is 0.705. The van der Waals surface area contributed by atoms with Crippen molar-refractivity contribution in [3.63, 3.8) is 0 Å². The van der Waals surface area contributed by atoms with E-state index in [1.807, 2.05) is 6.07 Å². The first-order valence-electron chi connectivity index (χ1n) is 20.7. The van der Waals surface area contributed by atoms with Crippen LogP contribution < -0.4 is 0 Å². The molecule has 60 heavy (non-hydrogen) atoms. The molecular weight excluding hydrogens is 727 g/mol. The van der Waals surface area contributed by atoms with E-state index in [9.17, 15) is 0 Å². The van der Waals surface area contributed by atoms with Gasteiger partial charge < -0.3 is 4.57 Å². The van der Waals surface area contributed by atoms with Gasteiger partial charge in [-0.3, -0.25) is 0 Å². The summed E-state index contributed by atoms with van der Waals surface area (Å²) < 4.78 is 2.36. The minimum absolute atomic E-state index is 0.474. The standard InChI is InChI=1S/C57H35N3/c1-2-16-38(17-3-1)56-58-50(37-29-32-39(33-30-37)60-52-27-12-8-19-41(52)42-20-9-13-28-53(42)60)35-51(59-56)45-23-14-26-48-55(45)44-22-7-11-25-47(44)57(48)46-24-10-6-21-43(46)54-40-18-5-4-15-36(40)31-34-49(54)57/h1-35H. The van der Waals surface area contributed by atoms with Crippen LogP contribution in [0.25, 0.3) is 94.4 Å². The van der Waals surface area contributed by atoms with Crippen molar-refractivity contribution in [2.24, 2.45) is 0 Å². The maximum Gasteiger partial charge on any atom is 0.160 e. The first-order chi connectivity index (χ1) is 29.8. The topological polar surface area (TPSA) is 30.7 Å². The normalized spacial score (nSPS) is 14.7. The minimum Gasteiger partial charge on any atom is -0.309 e. The Kier molecular flexibility index (Phi) is 6.93. The Hall–Kier alpha value is -7.88. The number of benzene rings is 9. The van der Waals surface area contributed by atoms with Gasteiger partial charge in [0, 0.05) is 33.2 Å². The Morgan fingerprint density at radius 1 is 0.350 bits per heavy atom. The molecule has 2 aromatic heterocycles. The first-order valence-corrected chi connectivity index (χ1v) is 20.7. The Morgan fingerprint density at radius 2 is 0.900 bits per heavy atom. The fourth-order valence-corrected chi connectivity index (χ4v) is 10.6. The van der Waals surface area contributed by atoms with Crippen LogP contribution in [0.2, 0.25) is 0 Å². The SMILES string of the molecule is c1ccc(-c2nc(-c3ccc(-n4c5ccccc5c5ccccc54)cc3)cc(-c3cccc4c3-c3ccccc3C43c4ccccc4-c4c3ccc3ccccc43)n2)cc1. The molecule has 9 aromatic carbocycles. The molecule has 1 spiro atoms. The Bertz CT molecular complexity index is 3490. The quantitative estimate of drug-likeness (QED) is 0.179. The maximum absolute atomic E-state index is 5.41. The number of fused-ring (bicyclic) bond motifs is 15. The highest BCUT2D eigenvalue weighted by atomic mass is 15.0. The fourth-order valence-electron chi connectivity index (χ4n) is 10.6. The molecule has 0 bridgehead atoms. The predicted octanol–water partition coefficient (Wildman–Crippen LogP) is 14.1. The Morgan fingerprint density at radius 3 is 1.63 bits per heavy atom. The van der Waals surface area contributed by atoms with Gasteiger partial charge >= 0.3 is 0 Å². The third kappa shape index (κ3) is 4.49. The van der Waals surface area contributed by atoms with Gasteiger partial charge in [-0.05, 0) is 85.6 Å². The molecule has 2 aliphatic carbocycles. The summed E-state index contributed by atoms with van der Waals surface area (Å²) in [6, 6.07) is 77.1. The Balaban J connectivity index is 1.03. The van der Waals surface area contributed by atoms with Crippen LogP contribution in [0.3, 0.4) is 0 Å². The van der Waals surface area contributed by atoms with E-state index in [1.54, 1.807) is 0 Å². The first kappa shape index (κ1) is 33.1. The number of nitrogens with zero attached hydrogens (tertiary/aromatic N) is 3. The van der Waals surface area contributed by atoms with Crippen molar-refractivity contribution < 1.29 is 0 Å².